The molecule has 0 aliphatic carbocycles. The molecule has 1 aliphatic rings. The monoisotopic (exact) mass is 392 g/mol. The molecule has 9 heteroatoms. The molecule has 2 aromatic carbocycles. The second kappa shape index (κ2) is 7.45. The van der Waals surface area contributed by atoms with Gasteiger partial charge >= 0.3 is 0 Å². The number of sulfonamides is 1. The number of amides is 1. The van der Waals surface area contributed by atoms with Crippen LogP contribution in [-0.4, -0.2) is 46.6 Å². The van der Waals surface area contributed by atoms with E-state index in [9.17, 15) is 13.2 Å². The zero-order valence-corrected chi connectivity index (χ0v) is 15.8. The third-order valence-corrected chi connectivity index (χ3v) is 5.02. The topological polar surface area (TPSA) is 108 Å². The van der Waals surface area contributed by atoms with Crippen LogP contribution < -0.4 is 19.3 Å². The highest BCUT2D eigenvalue weighted by atomic mass is 32.2. The smallest absolute Gasteiger partial charge is 0.253 e. The van der Waals surface area contributed by atoms with E-state index in [2.05, 4.69) is 0 Å². The van der Waals surface area contributed by atoms with Crippen LogP contribution in [0.25, 0.3) is 0 Å². The van der Waals surface area contributed by atoms with E-state index in [4.69, 9.17) is 19.3 Å². The molecular weight excluding hydrogens is 372 g/mol. The maximum absolute atomic E-state index is 12.7. The largest absolute Gasteiger partial charge is 0.495 e. The van der Waals surface area contributed by atoms with Crippen LogP contribution in [0.5, 0.6) is 17.2 Å². The Morgan fingerprint density at radius 2 is 1.85 bits per heavy atom. The molecule has 0 aromatic heterocycles. The average molecular weight is 392 g/mol. The summed E-state index contributed by atoms with van der Waals surface area (Å²) in [6, 6.07) is 9.59. The third-order valence-electron chi connectivity index (χ3n) is 4.09. The molecule has 1 aliphatic heterocycles. The van der Waals surface area contributed by atoms with Crippen LogP contribution in [0.15, 0.2) is 41.3 Å². The molecule has 0 spiro atoms. The fraction of sp³-hybridized carbons (Fsp3) is 0.278. The second-order valence-corrected chi connectivity index (χ2v) is 7.58. The van der Waals surface area contributed by atoms with Crippen LogP contribution in [-0.2, 0) is 16.6 Å². The van der Waals surface area contributed by atoms with Gasteiger partial charge in [-0.05, 0) is 35.9 Å². The summed E-state index contributed by atoms with van der Waals surface area (Å²) in [5, 5.41) is 5.21. The van der Waals surface area contributed by atoms with E-state index in [1.165, 1.54) is 30.2 Å². The Hall–Kier alpha value is -2.78. The molecule has 2 N–H and O–H groups in total. The minimum absolute atomic E-state index is 0.0866. The van der Waals surface area contributed by atoms with Crippen molar-refractivity contribution >= 4 is 15.9 Å². The summed E-state index contributed by atoms with van der Waals surface area (Å²) < 4.78 is 39.5. The van der Waals surface area contributed by atoms with Crippen LogP contribution in [0.2, 0.25) is 0 Å². The Bertz CT molecular complexity index is 974. The quantitative estimate of drug-likeness (QED) is 0.824. The van der Waals surface area contributed by atoms with Crippen molar-refractivity contribution in [2.24, 2.45) is 5.14 Å². The highest BCUT2D eigenvalue weighted by Gasteiger charge is 2.20. The molecule has 0 saturated heterocycles. The van der Waals surface area contributed by atoms with Gasteiger partial charge in [-0.3, -0.25) is 4.79 Å². The minimum atomic E-state index is -4.02. The van der Waals surface area contributed by atoms with Gasteiger partial charge in [0.2, 0.25) is 10.0 Å². The van der Waals surface area contributed by atoms with Gasteiger partial charge in [0, 0.05) is 19.2 Å². The lowest BCUT2D eigenvalue weighted by Crippen LogP contribution is -2.27. The van der Waals surface area contributed by atoms with E-state index in [-0.39, 0.29) is 22.1 Å². The van der Waals surface area contributed by atoms with Gasteiger partial charge in [0.15, 0.2) is 11.5 Å². The number of benzene rings is 2. The molecule has 0 bridgehead atoms. The molecule has 27 heavy (non-hydrogen) atoms. The van der Waals surface area contributed by atoms with Crippen LogP contribution >= 0.6 is 0 Å². The first-order valence-corrected chi connectivity index (χ1v) is 9.69. The SMILES string of the molecule is COc1ccc(C(=O)N(C)Cc2ccc3c(c2)OCCO3)cc1S(N)(=O)=O. The van der Waals surface area contributed by atoms with Gasteiger partial charge in [0.05, 0.1) is 7.11 Å². The minimum Gasteiger partial charge on any atom is -0.495 e. The number of carbonyl (C=O) groups excluding carboxylic acids is 1. The second-order valence-electron chi connectivity index (χ2n) is 6.05. The molecular formula is C18H20N2O6S. The highest BCUT2D eigenvalue weighted by molar-refractivity contribution is 7.89. The lowest BCUT2D eigenvalue weighted by atomic mass is 10.1. The van der Waals surface area contributed by atoms with Gasteiger partial charge in [-0.25, -0.2) is 13.6 Å². The lowest BCUT2D eigenvalue weighted by molar-refractivity contribution is 0.0784. The Labute approximate surface area is 157 Å². The zero-order chi connectivity index (χ0) is 19.6. The van der Waals surface area contributed by atoms with E-state index in [0.29, 0.717) is 31.3 Å². The zero-order valence-electron chi connectivity index (χ0n) is 15.0. The molecule has 3 rings (SSSR count). The van der Waals surface area contributed by atoms with Gasteiger partial charge in [0.1, 0.15) is 23.9 Å². The number of nitrogens with zero attached hydrogens (tertiary/aromatic N) is 1. The van der Waals surface area contributed by atoms with Crippen molar-refractivity contribution in [2.75, 3.05) is 27.4 Å². The number of carbonyl (C=O) groups is 1. The van der Waals surface area contributed by atoms with E-state index in [1.807, 2.05) is 12.1 Å². The predicted molar refractivity (Wildman–Crippen MR) is 97.6 cm³/mol. The molecule has 0 fully saturated rings. The normalized spacial score (nSPS) is 13.1. The Morgan fingerprint density at radius 3 is 2.52 bits per heavy atom. The first-order valence-electron chi connectivity index (χ1n) is 8.14. The number of nitrogens with two attached hydrogens (primary N) is 1. The number of primary sulfonamides is 1. The molecule has 1 amide bonds. The van der Waals surface area contributed by atoms with Crippen molar-refractivity contribution in [3.05, 3.63) is 47.5 Å². The third kappa shape index (κ3) is 4.15. The first-order chi connectivity index (χ1) is 12.8. The van der Waals surface area contributed by atoms with E-state index in [0.717, 1.165) is 5.56 Å². The van der Waals surface area contributed by atoms with Gasteiger partial charge in [0.25, 0.3) is 5.91 Å². The summed E-state index contributed by atoms with van der Waals surface area (Å²) >= 11 is 0. The van der Waals surface area contributed by atoms with Crippen molar-refractivity contribution in [3.8, 4) is 17.2 Å². The standard InChI is InChI=1S/C18H20N2O6S/c1-20(11-12-3-5-14-16(9-12)26-8-7-25-14)18(21)13-4-6-15(24-2)17(10-13)27(19,22)23/h3-6,9-10H,7-8,11H2,1-2H3,(H2,19,22,23). The van der Waals surface area contributed by atoms with Gasteiger partial charge in [-0.15, -0.1) is 0 Å². The van der Waals surface area contributed by atoms with E-state index in [1.54, 1.807) is 13.1 Å². The van der Waals surface area contributed by atoms with Crippen molar-refractivity contribution < 1.29 is 27.4 Å². The van der Waals surface area contributed by atoms with Crippen LogP contribution in [0.1, 0.15) is 15.9 Å². The maximum Gasteiger partial charge on any atom is 0.253 e. The van der Waals surface area contributed by atoms with Crippen LogP contribution in [0.4, 0.5) is 0 Å². The summed E-state index contributed by atoms with van der Waals surface area (Å²) in [6.07, 6.45) is 0. The molecule has 2 aromatic rings. The van der Waals surface area contributed by atoms with Crippen molar-refractivity contribution in [3.63, 3.8) is 0 Å². The van der Waals surface area contributed by atoms with Gasteiger partial charge < -0.3 is 19.1 Å². The first kappa shape index (κ1) is 19.0. The number of fused-ring (bicyclic) bond motifs is 1. The molecule has 8 nitrogen and oxygen atoms in total. The number of ether oxygens (including phenoxy) is 3. The molecule has 0 radical (unpaired) electrons. The van der Waals surface area contributed by atoms with Crippen molar-refractivity contribution in [2.45, 2.75) is 11.4 Å². The molecule has 0 saturated carbocycles. The Balaban J connectivity index is 1.81. The fourth-order valence-corrected chi connectivity index (χ4v) is 3.51. The highest BCUT2D eigenvalue weighted by Crippen LogP contribution is 2.31. The number of hydrogen-bond donors (Lipinski definition) is 1. The summed E-state index contributed by atoms with van der Waals surface area (Å²) in [5.74, 6) is 1.05. The molecule has 144 valence electrons. The average Bonchev–Trinajstić information content (AvgIpc) is 2.66. The summed E-state index contributed by atoms with van der Waals surface area (Å²) in [6.45, 7) is 1.30. The summed E-state index contributed by atoms with van der Waals surface area (Å²) in [4.78, 5) is 13.9. The Kier molecular flexibility index (Phi) is 5.24. The summed E-state index contributed by atoms with van der Waals surface area (Å²) in [5.41, 5.74) is 1.05. The van der Waals surface area contributed by atoms with Crippen LogP contribution in [0, 0.1) is 0 Å². The molecule has 1 heterocycles. The molecule has 0 unspecified atom stereocenters. The Morgan fingerprint density at radius 1 is 1.15 bits per heavy atom. The van der Waals surface area contributed by atoms with Crippen LogP contribution in [0.3, 0.4) is 0 Å². The van der Waals surface area contributed by atoms with E-state index < -0.39 is 10.0 Å². The van der Waals surface area contributed by atoms with Crippen molar-refractivity contribution in [1.82, 2.24) is 4.90 Å². The van der Waals surface area contributed by atoms with Gasteiger partial charge in [-0.2, -0.15) is 0 Å². The molecule has 0 atom stereocenters. The van der Waals surface area contributed by atoms with Gasteiger partial charge in [-0.1, -0.05) is 6.07 Å². The lowest BCUT2D eigenvalue weighted by Gasteiger charge is -2.21. The fourth-order valence-electron chi connectivity index (χ4n) is 2.78. The van der Waals surface area contributed by atoms with Crippen molar-refractivity contribution in [1.29, 1.82) is 0 Å². The number of methoxy groups -OCH3 is 1. The number of rotatable bonds is 5. The summed E-state index contributed by atoms with van der Waals surface area (Å²) in [7, 11) is -1.06. The maximum atomic E-state index is 12.7. The number of hydrogen-bond acceptors (Lipinski definition) is 6. The predicted octanol–water partition coefficient (Wildman–Crippen LogP) is 1.39. The van der Waals surface area contributed by atoms with E-state index >= 15 is 0 Å².